The van der Waals surface area contributed by atoms with Crippen LogP contribution in [0, 0.1) is 0 Å². The molecule has 3 rings (SSSR count). The SMILES string of the molecule is O=C(Nc1cccc(S(=O)(=O)N2CCOCC2)c1)c1cc(Cl)cc(Cl)c1. The van der Waals surface area contributed by atoms with Crippen LogP contribution in [-0.2, 0) is 14.8 Å². The Kier molecular flexibility index (Phi) is 5.84. The quantitative estimate of drug-likeness (QED) is 0.832. The van der Waals surface area contributed by atoms with E-state index in [4.69, 9.17) is 27.9 Å². The number of rotatable bonds is 4. The number of nitrogens with zero attached hydrogens (tertiary/aromatic N) is 1. The van der Waals surface area contributed by atoms with Gasteiger partial charge in [0.15, 0.2) is 0 Å². The monoisotopic (exact) mass is 414 g/mol. The maximum absolute atomic E-state index is 12.7. The fraction of sp³-hybridized carbons (Fsp3) is 0.235. The van der Waals surface area contributed by atoms with E-state index in [1.54, 1.807) is 12.1 Å². The van der Waals surface area contributed by atoms with Gasteiger partial charge in [0, 0.05) is 34.4 Å². The summed E-state index contributed by atoms with van der Waals surface area (Å²) in [6.45, 7) is 1.34. The predicted octanol–water partition coefficient (Wildman–Crippen LogP) is 3.27. The number of benzene rings is 2. The molecule has 6 nitrogen and oxygen atoms in total. The molecule has 0 spiro atoms. The van der Waals surface area contributed by atoms with Gasteiger partial charge in [-0.25, -0.2) is 8.42 Å². The van der Waals surface area contributed by atoms with Crippen LogP contribution in [0.25, 0.3) is 0 Å². The Labute approximate surface area is 161 Å². The van der Waals surface area contributed by atoms with Gasteiger partial charge in [-0.15, -0.1) is 0 Å². The van der Waals surface area contributed by atoms with E-state index in [9.17, 15) is 13.2 Å². The van der Waals surface area contributed by atoms with Crippen LogP contribution in [0.3, 0.4) is 0 Å². The van der Waals surface area contributed by atoms with Crippen LogP contribution in [0.1, 0.15) is 10.4 Å². The average molecular weight is 415 g/mol. The lowest BCUT2D eigenvalue weighted by Crippen LogP contribution is -2.40. The van der Waals surface area contributed by atoms with Crippen molar-refractivity contribution in [1.82, 2.24) is 4.31 Å². The standard InChI is InChI=1S/C17H16Cl2N2O4S/c18-13-8-12(9-14(19)10-13)17(22)20-15-2-1-3-16(11-15)26(23,24)21-4-6-25-7-5-21/h1-3,8-11H,4-7H2,(H,20,22). The first-order valence-electron chi connectivity index (χ1n) is 7.82. The smallest absolute Gasteiger partial charge is 0.255 e. The van der Waals surface area contributed by atoms with Crippen LogP contribution in [0.4, 0.5) is 5.69 Å². The van der Waals surface area contributed by atoms with Gasteiger partial charge in [0.25, 0.3) is 5.91 Å². The summed E-state index contributed by atoms with van der Waals surface area (Å²) >= 11 is 11.8. The van der Waals surface area contributed by atoms with E-state index in [-0.39, 0.29) is 10.5 Å². The third-order valence-corrected chi connectivity index (χ3v) is 6.16. The van der Waals surface area contributed by atoms with E-state index >= 15 is 0 Å². The fourth-order valence-corrected chi connectivity index (χ4v) is 4.54. The minimum atomic E-state index is -3.64. The summed E-state index contributed by atoms with van der Waals surface area (Å²) in [7, 11) is -3.64. The first-order chi connectivity index (χ1) is 12.4. The number of carbonyl (C=O) groups excluding carboxylic acids is 1. The molecule has 2 aromatic rings. The van der Waals surface area contributed by atoms with Gasteiger partial charge in [0.1, 0.15) is 0 Å². The van der Waals surface area contributed by atoms with Crippen LogP contribution in [-0.4, -0.2) is 44.9 Å². The highest BCUT2D eigenvalue weighted by Gasteiger charge is 2.26. The Morgan fingerprint density at radius 3 is 2.35 bits per heavy atom. The minimum absolute atomic E-state index is 0.112. The zero-order valence-corrected chi connectivity index (χ0v) is 15.9. The maximum Gasteiger partial charge on any atom is 0.255 e. The molecule has 1 amide bonds. The summed E-state index contributed by atoms with van der Waals surface area (Å²) in [5.74, 6) is -0.435. The number of hydrogen-bond acceptors (Lipinski definition) is 4. The lowest BCUT2D eigenvalue weighted by Gasteiger charge is -2.26. The molecule has 138 valence electrons. The highest BCUT2D eigenvalue weighted by atomic mass is 35.5. The summed E-state index contributed by atoms with van der Waals surface area (Å²) in [6.07, 6.45) is 0. The van der Waals surface area contributed by atoms with E-state index < -0.39 is 15.9 Å². The number of hydrogen-bond donors (Lipinski definition) is 1. The molecule has 9 heteroatoms. The van der Waals surface area contributed by atoms with Crippen molar-refractivity contribution < 1.29 is 17.9 Å². The number of halogens is 2. The van der Waals surface area contributed by atoms with E-state index in [1.165, 1.54) is 34.6 Å². The normalized spacial score (nSPS) is 15.6. The van der Waals surface area contributed by atoms with Gasteiger partial charge in [-0.1, -0.05) is 29.3 Å². The highest BCUT2D eigenvalue weighted by Crippen LogP contribution is 2.23. The molecule has 1 aliphatic rings. The second-order valence-corrected chi connectivity index (χ2v) is 8.47. The second-order valence-electron chi connectivity index (χ2n) is 5.66. The Morgan fingerprint density at radius 1 is 1.04 bits per heavy atom. The number of sulfonamides is 1. The zero-order chi connectivity index (χ0) is 18.7. The minimum Gasteiger partial charge on any atom is -0.379 e. The van der Waals surface area contributed by atoms with Crippen molar-refractivity contribution in [2.24, 2.45) is 0 Å². The van der Waals surface area contributed by atoms with Crippen molar-refractivity contribution in [3.05, 3.63) is 58.1 Å². The van der Waals surface area contributed by atoms with Crippen molar-refractivity contribution in [1.29, 1.82) is 0 Å². The topological polar surface area (TPSA) is 75.7 Å². The van der Waals surface area contributed by atoms with Gasteiger partial charge in [0.05, 0.1) is 18.1 Å². The Hall–Kier alpha value is -1.64. The van der Waals surface area contributed by atoms with Gasteiger partial charge >= 0.3 is 0 Å². The van der Waals surface area contributed by atoms with E-state index in [0.717, 1.165) is 0 Å². The molecule has 0 radical (unpaired) electrons. The Bertz CT molecular complexity index is 908. The molecule has 26 heavy (non-hydrogen) atoms. The molecule has 1 N–H and O–H groups in total. The summed E-state index contributed by atoms with van der Waals surface area (Å²) in [5.41, 5.74) is 0.643. The number of nitrogens with one attached hydrogen (secondary N) is 1. The Morgan fingerprint density at radius 2 is 1.69 bits per heavy atom. The van der Waals surface area contributed by atoms with Gasteiger partial charge in [-0.3, -0.25) is 4.79 Å². The fourth-order valence-electron chi connectivity index (χ4n) is 2.56. The summed E-state index contributed by atoms with van der Waals surface area (Å²) in [6, 6.07) is 10.6. The van der Waals surface area contributed by atoms with Gasteiger partial charge in [0.2, 0.25) is 10.0 Å². The number of amides is 1. The molecule has 1 heterocycles. The molecule has 1 aliphatic heterocycles. The Balaban J connectivity index is 1.82. The summed E-state index contributed by atoms with van der Waals surface area (Å²) in [4.78, 5) is 12.5. The molecular weight excluding hydrogens is 399 g/mol. The van der Waals surface area contributed by atoms with Crippen molar-refractivity contribution in [2.45, 2.75) is 4.90 Å². The molecule has 2 aromatic carbocycles. The summed E-state index contributed by atoms with van der Waals surface area (Å²) < 4.78 is 32.0. The molecule has 1 fully saturated rings. The van der Waals surface area contributed by atoms with Crippen molar-refractivity contribution in [3.8, 4) is 0 Å². The molecular formula is C17H16Cl2N2O4S. The molecule has 0 unspecified atom stereocenters. The largest absolute Gasteiger partial charge is 0.379 e. The van der Waals surface area contributed by atoms with Crippen molar-refractivity contribution >= 4 is 44.8 Å². The second kappa shape index (κ2) is 7.94. The van der Waals surface area contributed by atoms with Crippen molar-refractivity contribution in [2.75, 3.05) is 31.6 Å². The number of carbonyl (C=O) groups is 1. The third-order valence-electron chi connectivity index (χ3n) is 3.82. The van der Waals surface area contributed by atoms with Gasteiger partial charge < -0.3 is 10.1 Å². The van der Waals surface area contributed by atoms with Crippen LogP contribution < -0.4 is 5.32 Å². The maximum atomic E-state index is 12.7. The molecule has 0 aromatic heterocycles. The average Bonchev–Trinajstić information content (AvgIpc) is 2.62. The summed E-state index contributed by atoms with van der Waals surface area (Å²) in [5, 5.41) is 3.34. The van der Waals surface area contributed by atoms with Crippen LogP contribution >= 0.6 is 23.2 Å². The molecule has 0 saturated carbocycles. The highest BCUT2D eigenvalue weighted by molar-refractivity contribution is 7.89. The van der Waals surface area contributed by atoms with Crippen LogP contribution in [0.15, 0.2) is 47.4 Å². The van der Waals surface area contributed by atoms with Crippen LogP contribution in [0.2, 0.25) is 10.0 Å². The lowest BCUT2D eigenvalue weighted by molar-refractivity contribution is 0.0730. The van der Waals surface area contributed by atoms with Crippen LogP contribution in [0.5, 0.6) is 0 Å². The van der Waals surface area contributed by atoms with E-state index in [2.05, 4.69) is 5.32 Å². The predicted molar refractivity (Wildman–Crippen MR) is 100 cm³/mol. The molecule has 0 aliphatic carbocycles. The third kappa shape index (κ3) is 4.36. The molecule has 1 saturated heterocycles. The number of anilines is 1. The molecule has 0 bridgehead atoms. The number of ether oxygens (including phenoxy) is 1. The first-order valence-corrected chi connectivity index (χ1v) is 10.0. The number of morpholine rings is 1. The lowest BCUT2D eigenvalue weighted by atomic mass is 10.2. The first kappa shape index (κ1) is 19.1. The van der Waals surface area contributed by atoms with Gasteiger partial charge in [-0.2, -0.15) is 4.31 Å². The van der Waals surface area contributed by atoms with E-state index in [0.29, 0.717) is 42.0 Å². The zero-order valence-electron chi connectivity index (χ0n) is 13.6. The van der Waals surface area contributed by atoms with E-state index in [1.807, 2.05) is 0 Å². The molecule has 0 atom stereocenters. The van der Waals surface area contributed by atoms with Gasteiger partial charge in [-0.05, 0) is 36.4 Å². The van der Waals surface area contributed by atoms with Crippen molar-refractivity contribution in [3.63, 3.8) is 0 Å².